The second-order valence-electron chi connectivity index (χ2n) is 7.32. The summed E-state index contributed by atoms with van der Waals surface area (Å²) in [6.45, 7) is 0.330. The number of oxime groups is 1. The van der Waals surface area contributed by atoms with Crippen LogP contribution in [0.3, 0.4) is 0 Å². The molecule has 2 amide bonds. The van der Waals surface area contributed by atoms with Gasteiger partial charge in [0.2, 0.25) is 0 Å². The number of nitrogens with zero attached hydrogens (tertiary/aromatic N) is 4. The molecule has 15 heteroatoms. The van der Waals surface area contributed by atoms with Crippen molar-refractivity contribution in [2.24, 2.45) is 5.16 Å². The fourth-order valence-electron chi connectivity index (χ4n) is 3.57. The Bertz CT molecular complexity index is 1220. The van der Waals surface area contributed by atoms with Crippen LogP contribution in [0.1, 0.15) is 5.69 Å². The lowest BCUT2D eigenvalue weighted by atomic mass is 10.0. The third-order valence-corrected chi connectivity index (χ3v) is 7.82. The SMILES string of the molecule is CSCON=C(C(=O)NC1C(=O)N2C(C(=O)O)=C(C[n+]3ccccc3)CS[C@@H]12)c1nc(N)sc1Cl. The maximum atomic E-state index is 13.1. The molecule has 184 valence electrons. The smallest absolute Gasteiger partial charge is 0.352 e. The number of thiazole rings is 1. The van der Waals surface area contributed by atoms with Gasteiger partial charge in [-0.1, -0.05) is 34.2 Å². The predicted octanol–water partition coefficient (Wildman–Crippen LogP) is 1.15. The molecular formula is C20H20ClN6O5S3+. The summed E-state index contributed by atoms with van der Waals surface area (Å²) in [6.07, 6.45) is 5.43. The van der Waals surface area contributed by atoms with Gasteiger partial charge in [-0.05, 0) is 6.26 Å². The van der Waals surface area contributed by atoms with Gasteiger partial charge in [-0.15, -0.1) is 23.5 Å². The lowest BCUT2D eigenvalue weighted by Gasteiger charge is -2.49. The van der Waals surface area contributed by atoms with Crippen LogP contribution in [0.15, 0.2) is 47.0 Å². The Morgan fingerprint density at radius 1 is 1.43 bits per heavy atom. The first-order chi connectivity index (χ1) is 16.8. The van der Waals surface area contributed by atoms with Crippen LogP contribution in [-0.4, -0.2) is 67.8 Å². The van der Waals surface area contributed by atoms with E-state index >= 15 is 0 Å². The number of hydrogen-bond donors (Lipinski definition) is 3. The summed E-state index contributed by atoms with van der Waals surface area (Å²) in [5, 5.41) is 15.9. The van der Waals surface area contributed by atoms with Crippen molar-refractivity contribution in [2.75, 3.05) is 23.7 Å². The number of amides is 2. The van der Waals surface area contributed by atoms with Crippen molar-refractivity contribution in [1.82, 2.24) is 15.2 Å². The Labute approximate surface area is 217 Å². The quantitative estimate of drug-likeness (QED) is 0.103. The van der Waals surface area contributed by atoms with Crippen LogP contribution in [0.4, 0.5) is 5.13 Å². The topological polar surface area (TPSA) is 151 Å². The van der Waals surface area contributed by atoms with Crippen molar-refractivity contribution in [3.63, 3.8) is 0 Å². The molecule has 0 saturated carbocycles. The average molecular weight is 556 g/mol. The van der Waals surface area contributed by atoms with Crippen molar-refractivity contribution >= 4 is 75.1 Å². The van der Waals surface area contributed by atoms with Crippen LogP contribution in [0, 0.1) is 0 Å². The minimum absolute atomic E-state index is 0.0426. The molecule has 4 rings (SSSR count). The molecule has 35 heavy (non-hydrogen) atoms. The van der Waals surface area contributed by atoms with Crippen molar-refractivity contribution in [1.29, 1.82) is 0 Å². The highest BCUT2D eigenvalue weighted by Gasteiger charge is 2.54. The number of β-lactam (4-membered cyclic amide) rings is 1. The average Bonchev–Trinajstić information content (AvgIpc) is 3.17. The summed E-state index contributed by atoms with van der Waals surface area (Å²) in [7, 11) is 0. The molecule has 2 aromatic heterocycles. The fraction of sp³-hybridized carbons (Fsp3) is 0.300. The molecule has 11 nitrogen and oxygen atoms in total. The number of carboxylic acids is 1. The van der Waals surface area contributed by atoms with Crippen LogP contribution in [0.2, 0.25) is 4.34 Å². The number of pyridine rings is 1. The number of carboxylic acid groups (broad SMARTS) is 1. The van der Waals surface area contributed by atoms with E-state index in [9.17, 15) is 19.5 Å². The van der Waals surface area contributed by atoms with E-state index in [2.05, 4.69) is 15.5 Å². The molecule has 4 N–H and O–H groups in total. The molecule has 4 heterocycles. The molecule has 2 aliphatic heterocycles. The van der Waals surface area contributed by atoms with Gasteiger partial charge >= 0.3 is 5.97 Å². The number of thioether (sulfide) groups is 2. The van der Waals surface area contributed by atoms with Crippen LogP contribution in [0.25, 0.3) is 0 Å². The molecule has 2 aliphatic rings. The second-order valence-corrected chi connectivity index (χ2v) is 10.9. The van der Waals surface area contributed by atoms with Crippen LogP contribution >= 0.6 is 46.5 Å². The number of fused-ring (bicyclic) bond motifs is 1. The number of halogens is 1. The molecular weight excluding hydrogens is 536 g/mol. The normalized spacial score (nSPS) is 19.8. The first-order valence-electron chi connectivity index (χ1n) is 10.1. The largest absolute Gasteiger partial charge is 0.477 e. The predicted molar refractivity (Wildman–Crippen MR) is 134 cm³/mol. The lowest BCUT2D eigenvalue weighted by molar-refractivity contribution is -0.689. The Morgan fingerprint density at radius 3 is 2.80 bits per heavy atom. The highest BCUT2D eigenvalue weighted by molar-refractivity contribution is 8.00. The summed E-state index contributed by atoms with van der Waals surface area (Å²) in [6, 6.07) is 4.58. The molecule has 0 bridgehead atoms. The number of aromatic nitrogens is 2. The van der Waals surface area contributed by atoms with Gasteiger partial charge in [-0.3, -0.25) is 14.5 Å². The summed E-state index contributed by atoms with van der Waals surface area (Å²) in [5.74, 6) is -1.90. The first-order valence-corrected chi connectivity index (χ1v) is 13.7. The molecule has 2 atom stereocenters. The third kappa shape index (κ3) is 5.24. The van der Waals surface area contributed by atoms with Gasteiger partial charge in [0, 0.05) is 23.5 Å². The standard InChI is InChI=1S/C20H19ClN6O5S3/c1-33-9-32-25-12(11-15(21)35-20(22)24-11)16(28)23-13-17(29)27-14(19(30)31)10(8-34-18(13)27)7-26-5-3-2-4-6-26/h2-6,13,18H,7-9H2,1H3,(H3-,22,23,24,28,30,31)/p+1/t13?,18-/m0/s1. The molecule has 1 fully saturated rings. The van der Waals surface area contributed by atoms with Crippen molar-refractivity contribution < 1.29 is 28.9 Å². The van der Waals surface area contributed by atoms with E-state index in [1.165, 1.54) is 28.4 Å². The molecule has 0 aliphatic carbocycles. The van der Waals surface area contributed by atoms with E-state index in [-0.39, 0.29) is 32.5 Å². The van der Waals surface area contributed by atoms with Crippen LogP contribution < -0.4 is 15.6 Å². The summed E-state index contributed by atoms with van der Waals surface area (Å²) < 4.78 is 1.99. The van der Waals surface area contributed by atoms with Crippen molar-refractivity contribution in [2.45, 2.75) is 18.0 Å². The van der Waals surface area contributed by atoms with E-state index in [1.54, 1.807) is 6.26 Å². The number of anilines is 1. The zero-order chi connectivity index (χ0) is 25.1. The van der Waals surface area contributed by atoms with Gasteiger partial charge in [-0.25, -0.2) is 14.3 Å². The maximum absolute atomic E-state index is 13.1. The van der Waals surface area contributed by atoms with Gasteiger partial charge in [0.1, 0.15) is 27.1 Å². The number of nitrogen functional groups attached to an aromatic ring is 1. The molecule has 1 saturated heterocycles. The van der Waals surface area contributed by atoms with Gasteiger partial charge in [-0.2, -0.15) is 0 Å². The minimum atomic E-state index is -1.20. The molecule has 2 aromatic rings. The lowest BCUT2D eigenvalue weighted by Crippen LogP contribution is -2.71. The Balaban J connectivity index is 1.54. The van der Waals surface area contributed by atoms with E-state index in [4.69, 9.17) is 22.2 Å². The van der Waals surface area contributed by atoms with Gasteiger partial charge in [0.25, 0.3) is 11.8 Å². The van der Waals surface area contributed by atoms with Crippen LogP contribution in [0.5, 0.6) is 0 Å². The zero-order valence-corrected chi connectivity index (χ0v) is 21.4. The Kier molecular flexibility index (Phi) is 7.84. The van der Waals surface area contributed by atoms with Crippen molar-refractivity contribution in [3.8, 4) is 0 Å². The number of aliphatic carboxylic acids is 1. The van der Waals surface area contributed by atoms with E-state index in [0.717, 1.165) is 11.3 Å². The fourth-order valence-corrected chi connectivity index (χ4v) is 6.00. The van der Waals surface area contributed by atoms with Gasteiger partial charge in [0.05, 0.1) is 0 Å². The number of carbonyl (C=O) groups excluding carboxylic acids is 2. The van der Waals surface area contributed by atoms with E-state index in [1.807, 2.05) is 35.2 Å². The molecule has 0 radical (unpaired) electrons. The summed E-state index contributed by atoms with van der Waals surface area (Å²) in [5.41, 5.74) is 6.06. The van der Waals surface area contributed by atoms with Crippen LogP contribution in [-0.2, 0) is 25.8 Å². The maximum Gasteiger partial charge on any atom is 0.352 e. The molecule has 0 aromatic carbocycles. The van der Waals surface area contributed by atoms with E-state index < -0.39 is 29.2 Å². The highest BCUT2D eigenvalue weighted by Crippen LogP contribution is 2.40. The van der Waals surface area contributed by atoms with Gasteiger partial charge in [0.15, 0.2) is 35.7 Å². The number of carbonyl (C=O) groups is 3. The summed E-state index contributed by atoms with van der Waals surface area (Å²) >= 11 is 9.85. The highest BCUT2D eigenvalue weighted by atomic mass is 35.5. The summed E-state index contributed by atoms with van der Waals surface area (Å²) in [4.78, 5) is 48.5. The number of hydrogen-bond acceptors (Lipinski definition) is 10. The first kappa shape index (κ1) is 25.3. The Hall–Kier alpha value is -2.81. The van der Waals surface area contributed by atoms with E-state index in [0.29, 0.717) is 17.9 Å². The second kappa shape index (κ2) is 10.8. The zero-order valence-electron chi connectivity index (χ0n) is 18.2. The van der Waals surface area contributed by atoms with Crippen molar-refractivity contribution in [3.05, 3.63) is 51.9 Å². The monoisotopic (exact) mass is 555 g/mol. The number of rotatable bonds is 9. The number of nitrogens with one attached hydrogen (secondary N) is 1. The number of nitrogens with two attached hydrogens (primary N) is 1. The molecule has 1 unspecified atom stereocenters. The molecule has 0 spiro atoms. The third-order valence-electron chi connectivity index (χ3n) is 5.06. The minimum Gasteiger partial charge on any atom is -0.477 e. The Morgan fingerprint density at radius 2 is 2.17 bits per heavy atom. The van der Waals surface area contributed by atoms with Gasteiger partial charge < -0.3 is 21.0 Å².